The van der Waals surface area contributed by atoms with Gasteiger partial charge in [0.2, 0.25) is 5.95 Å². The summed E-state index contributed by atoms with van der Waals surface area (Å²) >= 11 is 0. The molecule has 57 heavy (non-hydrogen) atoms. The zero-order chi connectivity index (χ0) is 38.1. The lowest BCUT2D eigenvalue weighted by atomic mass is 9.96. The van der Waals surface area contributed by atoms with Gasteiger partial charge in [-0.3, -0.25) is 4.57 Å². The monoisotopic (exact) mass is 730 g/mol. The Morgan fingerprint density at radius 3 is 1.72 bits per heavy atom. The Bertz CT molecular complexity index is 2920. The average molecular weight is 731 g/mol. The minimum atomic E-state index is 0.639. The molecule has 0 fully saturated rings. The van der Waals surface area contributed by atoms with Crippen molar-refractivity contribution in [1.82, 2.24) is 14.5 Å². The van der Waals surface area contributed by atoms with Crippen LogP contribution in [0.1, 0.15) is 5.56 Å². The number of benzene rings is 7. The van der Waals surface area contributed by atoms with Crippen molar-refractivity contribution in [3.05, 3.63) is 218 Å². The van der Waals surface area contributed by atoms with E-state index in [0.717, 1.165) is 84.5 Å². The van der Waals surface area contributed by atoms with E-state index in [4.69, 9.17) is 9.97 Å². The average Bonchev–Trinajstić information content (AvgIpc) is 3.65. The van der Waals surface area contributed by atoms with Crippen LogP contribution in [0.25, 0.3) is 78.1 Å². The predicted octanol–water partition coefficient (Wildman–Crippen LogP) is 13.5. The molecular weight excluding hydrogens is 693 g/mol. The lowest BCUT2D eigenvalue weighted by Gasteiger charge is -2.27. The molecule has 0 radical (unpaired) electrons. The molecule has 270 valence electrons. The molecule has 4 heteroatoms. The molecule has 0 aliphatic carbocycles. The largest absolute Gasteiger partial charge is 0.337 e. The molecular formula is C53H38N4. The van der Waals surface area contributed by atoms with Crippen molar-refractivity contribution in [3.8, 4) is 50.7 Å². The Balaban J connectivity index is 1.09. The lowest BCUT2D eigenvalue weighted by molar-refractivity contribution is 0.995. The molecule has 0 spiro atoms. The summed E-state index contributed by atoms with van der Waals surface area (Å²) in [6, 6.07) is 64.2. The van der Waals surface area contributed by atoms with E-state index in [-0.39, 0.29) is 0 Å². The Morgan fingerprint density at radius 1 is 0.456 bits per heavy atom. The van der Waals surface area contributed by atoms with Gasteiger partial charge < -0.3 is 4.90 Å². The van der Waals surface area contributed by atoms with E-state index in [9.17, 15) is 0 Å². The number of anilines is 2. The molecule has 2 aromatic heterocycles. The highest BCUT2D eigenvalue weighted by molar-refractivity contribution is 6.10. The summed E-state index contributed by atoms with van der Waals surface area (Å²) < 4.78 is 2.21. The molecule has 0 unspecified atom stereocenters. The van der Waals surface area contributed by atoms with Crippen molar-refractivity contribution in [3.63, 3.8) is 0 Å². The van der Waals surface area contributed by atoms with E-state index in [1.54, 1.807) is 0 Å². The molecule has 4 nitrogen and oxygen atoms in total. The molecule has 0 amide bonds. The van der Waals surface area contributed by atoms with Crippen molar-refractivity contribution >= 4 is 38.8 Å². The van der Waals surface area contributed by atoms with E-state index >= 15 is 0 Å². The molecule has 1 aliphatic heterocycles. The second-order valence-corrected chi connectivity index (χ2v) is 14.3. The molecule has 3 heterocycles. The highest BCUT2D eigenvalue weighted by atomic mass is 15.2. The van der Waals surface area contributed by atoms with Gasteiger partial charge in [-0.2, -0.15) is 0 Å². The second-order valence-electron chi connectivity index (χ2n) is 14.3. The quantitative estimate of drug-likeness (QED) is 0.171. The summed E-state index contributed by atoms with van der Waals surface area (Å²) in [5, 5.41) is 2.29. The van der Waals surface area contributed by atoms with Crippen LogP contribution >= 0.6 is 0 Å². The Kier molecular flexibility index (Phi) is 8.69. The third-order valence-electron chi connectivity index (χ3n) is 10.8. The molecule has 0 bridgehead atoms. The maximum Gasteiger partial charge on any atom is 0.235 e. The van der Waals surface area contributed by atoms with Gasteiger partial charge in [-0.05, 0) is 76.4 Å². The van der Waals surface area contributed by atoms with E-state index in [2.05, 4.69) is 210 Å². The number of hydrogen-bond acceptors (Lipinski definition) is 3. The van der Waals surface area contributed by atoms with E-state index in [0.29, 0.717) is 5.95 Å². The van der Waals surface area contributed by atoms with Crippen LogP contribution in [0.2, 0.25) is 0 Å². The third kappa shape index (κ3) is 6.43. The van der Waals surface area contributed by atoms with Gasteiger partial charge in [-0.1, -0.05) is 164 Å². The van der Waals surface area contributed by atoms with Gasteiger partial charge in [0.1, 0.15) is 0 Å². The molecule has 0 saturated heterocycles. The fourth-order valence-corrected chi connectivity index (χ4v) is 7.94. The number of allylic oxidation sites excluding steroid dienone is 4. The highest BCUT2D eigenvalue weighted by Gasteiger charge is 2.20. The summed E-state index contributed by atoms with van der Waals surface area (Å²) in [7, 11) is 0. The zero-order valence-electron chi connectivity index (χ0n) is 31.3. The standard InChI is InChI=1S/C53H38N4/c1-37-16-6-5-15-33-56(44-29-25-39(26-30-44)38-17-7-2-8-18-38)50-31-27-42(34-46(37)50)43-28-32-52-47(35-43)45-23-13-14-24-51(45)57(52)53-54-48(40-19-9-3-10-20-40)36-49(55-53)41-21-11-4-12-22-41/h2-32,34-36H,1,33H2/b15-5-,16-6-. The number of nitrogens with zero attached hydrogens (tertiary/aromatic N) is 4. The SMILES string of the molecule is C=C1/C=C\C=C/CN(c2ccc(-c3ccccc3)cc2)c2ccc(-c3ccc4c(c3)c3ccccc3n4-c3nc(-c4ccccc4)cc(-c4ccccc4)n3)cc21. The van der Waals surface area contributed by atoms with E-state index in [1.807, 2.05) is 12.1 Å². The molecule has 1 aliphatic rings. The fraction of sp³-hybridized carbons (Fsp3) is 0.0189. The van der Waals surface area contributed by atoms with Gasteiger partial charge in [0.15, 0.2) is 0 Å². The molecule has 0 saturated carbocycles. The summed E-state index contributed by atoms with van der Waals surface area (Å²) in [6.45, 7) is 5.27. The topological polar surface area (TPSA) is 34.0 Å². The first-order valence-corrected chi connectivity index (χ1v) is 19.3. The maximum absolute atomic E-state index is 5.21. The number of rotatable bonds is 6. The Hall–Kier alpha value is -7.56. The molecule has 9 aromatic rings. The highest BCUT2D eigenvalue weighted by Crippen LogP contribution is 2.40. The van der Waals surface area contributed by atoms with Gasteiger partial charge in [0, 0.05) is 45.4 Å². The van der Waals surface area contributed by atoms with Crippen molar-refractivity contribution in [2.75, 3.05) is 11.4 Å². The summed E-state index contributed by atoms with van der Waals surface area (Å²) in [6.07, 6.45) is 8.49. The van der Waals surface area contributed by atoms with Crippen LogP contribution in [0.3, 0.4) is 0 Å². The maximum atomic E-state index is 5.21. The van der Waals surface area contributed by atoms with Gasteiger partial charge in [-0.15, -0.1) is 0 Å². The van der Waals surface area contributed by atoms with Gasteiger partial charge in [0.25, 0.3) is 0 Å². The molecule has 7 aromatic carbocycles. The molecule has 0 atom stereocenters. The Morgan fingerprint density at radius 2 is 1.02 bits per heavy atom. The molecule has 10 rings (SSSR count). The van der Waals surface area contributed by atoms with E-state index < -0.39 is 0 Å². The smallest absolute Gasteiger partial charge is 0.235 e. The van der Waals surface area contributed by atoms with Crippen LogP contribution in [0.5, 0.6) is 0 Å². The first-order valence-electron chi connectivity index (χ1n) is 19.3. The first kappa shape index (κ1) is 34.0. The normalized spacial score (nSPS) is 13.8. The fourth-order valence-electron chi connectivity index (χ4n) is 7.94. The minimum Gasteiger partial charge on any atom is -0.337 e. The minimum absolute atomic E-state index is 0.639. The number of fused-ring (bicyclic) bond motifs is 4. The predicted molar refractivity (Wildman–Crippen MR) is 239 cm³/mol. The first-order chi connectivity index (χ1) is 28.2. The van der Waals surface area contributed by atoms with Gasteiger partial charge in [-0.25, -0.2) is 9.97 Å². The summed E-state index contributed by atoms with van der Waals surface area (Å²) in [4.78, 5) is 12.8. The number of aromatic nitrogens is 3. The van der Waals surface area contributed by atoms with Crippen LogP contribution in [-0.4, -0.2) is 21.1 Å². The van der Waals surface area contributed by atoms with Crippen LogP contribution in [0.15, 0.2) is 213 Å². The lowest BCUT2D eigenvalue weighted by Crippen LogP contribution is -2.18. The zero-order valence-corrected chi connectivity index (χ0v) is 31.3. The van der Waals surface area contributed by atoms with Crippen LogP contribution in [0, 0.1) is 0 Å². The summed E-state index contributed by atoms with van der Waals surface area (Å²) in [5.41, 5.74) is 14.9. The third-order valence-corrected chi connectivity index (χ3v) is 10.8. The van der Waals surface area contributed by atoms with Crippen molar-refractivity contribution in [2.24, 2.45) is 0 Å². The van der Waals surface area contributed by atoms with Crippen molar-refractivity contribution < 1.29 is 0 Å². The van der Waals surface area contributed by atoms with Gasteiger partial charge in [0.05, 0.1) is 22.4 Å². The number of hydrogen-bond donors (Lipinski definition) is 0. The van der Waals surface area contributed by atoms with Crippen LogP contribution in [-0.2, 0) is 0 Å². The van der Waals surface area contributed by atoms with Crippen LogP contribution in [0.4, 0.5) is 11.4 Å². The van der Waals surface area contributed by atoms with Crippen molar-refractivity contribution in [1.29, 1.82) is 0 Å². The summed E-state index contributed by atoms with van der Waals surface area (Å²) in [5.74, 6) is 0.639. The Labute approximate surface area is 332 Å². The second kappa shape index (κ2) is 14.6. The van der Waals surface area contributed by atoms with Crippen molar-refractivity contribution in [2.45, 2.75) is 0 Å². The van der Waals surface area contributed by atoms with Gasteiger partial charge >= 0.3 is 0 Å². The molecule has 0 N–H and O–H groups in total. The van der Waals surface area contributed by atoms with E-state index in [1.165, 1.54) is 11.1 Å². The van der Waals surface area contributed by atoms with Crippen LogP contribution < -0.4 is 4.90 Å². The number of para-hydroxylation sites is 1.